The van der Waals surface area contributed by atoms with Crippen LogP contribution >= 0.6 is 0 Å². The lowest BCUT2D eigenvalue weighted by atomic mass is 9.97. The van der Waals surface area contributed by atoms with Crippen molar-refractivity contribution < 1.29 is 9.13 Å². The maximum absolute atomic E-state index is 12.9. The van der Waals surface area contributed by atoms with E-state index >= 15 is 0 Å². The monoisotopic (exact) mass is 167 g/mol. The molecule has 0 aromatic heterocycles. The predicted molar refractivity (Wildman–Crippen MR) is 44.4 cm³/mol. The van der Waals surface area contributed by atoms with E-state index in [1.807, 2.05) is 6.07 Å². The minimum atomic E-state index is -0.334. The van der Waals surface area contributed by atoms with Gasteiger partial charge in [0.05, 0.1) is 18.9 Å². The summed E-state index contributed by atoms with van der Waals surface area (Å²) in [7, 11) is 0. The van der Waals surface area contributed by atoms with Crippen molar-refractivity contribution in [2.24, 2.45) is 0 Å². The molecule has 1 aromatic rings. The minimum Gasteiger partial charge on any atom is -0.396 e. The van der Waals surface area contributed by atoms with E-state index in [0.29, 0.717) is 19.1 Å². The molecule has 2 rings (SSSR count). The van der Waals surface area contributed by atoms with Crippen molar-refractivity contribution in [1.82, 2.24) is 0 Å². The molecule has 2 nitrogen and oxygen atoms in total. The summed E-state index contributed by atoms with van der Waals surface area (Å²) in [5, 5.41) is 0. The number of hydrogen-bond donors (Lipinski definition) is 1. The highest BCUT2D eigenvalue weighted by atomic mass is 19.1. The van der Waals surface area contributed by atoms with Gasteiger partial charge >= 0.3 is 0 Å². The summed E-state index contributed by atoms with van der Waals surface area (Å²) in [5.41, 5.74) is 6.53. The summed E-state index contributed by atoms with van der Waals surface area (Å²) in [6.45, 7) is 1.40. The van der Waals surface area contributed by atoms with Gasteiger partial charge in [0.15, 0.2) is 0 Å². The Bertz CT molecular complexity index is 297. The van der Waals surface area contributed by atoms with Gasteiger partial charge in [-0.05, 0) is 17.7 Å². The Morgan fingerprint density at radius 1 is 1.42 bits per heavy atom. The minimum absolute atomic E-state index is 0.207. The summed E-state index contributed by atoms with van der Waals surface area (Å²) >= 11 is 0. The summed E-state index contributed by atoms with van der Waals surface area (Å²) in [6.07, 6.45) is 0. The smallest absolute Gasteiger partial charge is 0.146 e. The number of hydrogen-bond acceptors (Lipinski definition) is 2. The molecule has 0 bridgehead atoms. The second kappa shape index (κ2) is 2.75. The topological polar surface area (TPSA) is 35.2 Å². The first kappa shape index (κ1) is 7.55. The van der Waals surface area contributed by atoms with Gasteiger partial charge in [0.25, 0.3) is 0 Å². The van der Waals surface area contributed by atoms with Crippen molar-refractivity contribution in [3.05, 3.63) is 29.6 Å². The van der Waals surface area contributed by atoms with E-state index in [1.54, 1.807) is 6.07 Å². The Labute approximate surface area is 70.1 Å². The molecule has 1 aliphatic heterocycles. The van der Waals surface area contributed by atoms with Crippen LogP contribution in [0.4, 0.5) is 10.1 Å². The lowest BCUT2D eigenvalue weighted by molar-refractivity contribution is 0.00833. The van der Waals surface area contributed by atoms with Crippen LogP contribution in [0.2, 0.25) is 0 Å². The van der Waals surface area contributed by atoms with Crippen LogP contribution in [-0.4, -0.2) is 13.2 Å². The zero-order valence-electron chi connectivity index (χ0n) is 6.59. The lowest BCUT2D eigenvalue weighted by Gasteiger charge is -2.26. The van der Waals surface area contributed by atoms with Crippen LogP contribution in [0.25, 0.3) is 0 Å². The number of ether oxygens (including phenoxy) is 1. The maximum atomic E-state index is 12.9. The van der Waals surface area contributed by atoms with Gasteiger partial charge in [-0.25, -0.2) is 4.39 Å². The van der Waals surface area contributed by atoms with E-state index in [2.05, 4.69) is 0 Å². The third-order valence-corrected chi connectivity index (χ3v) is 2.13. The number of halogens is 1. The summed E-state index contributed by atoms with van der Waals surface area (Å²) in [5.74, 6) is 0.0273. The third kappa shape index (κ3) is 1.16. The Morgan fingerprint density at radius 2 is 2.17 bits per heavy atom. The average Bonchev–Trinajstić information content (AvgIpc) is 1.93. The Morgan fingerprint density at radius 3 is 2.67 bits per heavy atom. The molecule has 1 heterocycles. The molecule has 0 amide bonds. The van der Waals surface area contributed by atoms with Crippen LogP contribution in [0.15, 0.2) is 18.2 Å². The Balaban J connectivity index is 2.27. The molecule has 2 N–H and O–H groups in total. The molecule has 0 atom stereocenters. The fourth-order valence-electron chi connectivity index (χ4n) is 1.23. The van der Waals surface area contributed by atoms with E-state index in [-0.39, 0.29) is 11.5 Å². The van der Waals surface area contributed by atoms with Crippen molar-refractivity contribution in [3.63, 3.8) is 0 Å². The van der Waals surface area contributed by atoms with Crippen molar-refractivity contribution >= 4 is 5.69 Å². The van der Waals surface area contributed by atoms with Crippen LogP contribution in [0.5, 0.6) is 0 Å². The number of benzene rings is 1. The Kier molecular flexibility index (Phi) is 1.73. The molecule has 1 fully saturated rings. The molecule has 0 spiro atoms. The zero-order valence-corrected chi connectivity index (χ0v) is 6.59. The first-order valence-corrected chi connectivity index (χ1v) is 3.90. The molecule has 12 heavy (non-hydrogen) atoms. The van der Waals surface area contributed by atoms with Crippen molar-refractivity contribution in [2.75, 3.05) is 18.9 Å². The number of rotatable bonds is 1. The van der Waals surface area contributed by atoms with E-state index < -0.39 is 0 Å². The summed E-state index contributed by atoms with van der Waals surface area (Å²) < 4.78 is 17.9. The van der Waals surface area contributed by atoms with Crippen LogP contribution in [0.3, 0.4) is 0 Å². The van der Waals surface area contributed by atoms with Gasteiger partial charge in [0, 0.05) is 5.92 Å². The van der Waals surface area contributed by atoms with Gasteiger partial charge in [-0.2, -0.15) is 0 Å². The fraction of sp³-hybridized carbons (Fsp3) is 0.333. The maximum Gasteiger partial charge on any atom is 0.146 e. The normalized spacial score (nSPS) is 17.4. The van der Waals surface area contributed by atoms with Gasteiger partial charge in [-0.1, -0.05) is 6.07 Å². The van der Waals surface area contributed by atoms with E-state index in [0.717, 1.165) is 5.56 Å². The molecule has 1 aliphatic rings. The summed E-state index contributed by atoms with van der Waals surface area (Å²) in [6, 6.07) is 4.94. The van der Waals surface area contributed by atoms with Gasteiger partial charge in [0.2, 0.25) is 0 Å². The molecule has 64 valence electrons. The van der Waals surface area contributed by atoms with Crippen LogP contribution in [0.1, 0.15) is 11.5 Å². The molecule has 1 aromatic carbocycles. The molecule has 0 saturated carbocycles. The van der Waals surface area contributed by atoms with E-state index in [4.69, 9.17) is 10.5 Å². The quantitative estimate of drug-likeness (QED) is 0.643. The first-order valence-electron chi connectivity index (χ1n) is 3.90. The number of anilines is 1. The number of nitrogens with two attached hydrogens (primary N) is 1. The van der Waals surface area contributed by atoms with Gasteiger partial charge in [-0.3, -0.25) is 0 Å². The highest BCUT2D eigenvalue weighted by molar-refractivity contribution is 5.42. The molecule has 3 heteroatoms. The molecule has 0 radical (unpaired) electrons. The van der Waals surface area contributed by atoms with Crippen molar-refractivity contribution in [1.29, 1.82) is 0 Å². The molecular formula is C9H10FNO. The molecule has 0 unspecified atom stereocenters. The standard InChI is InChI=1S/C9H10FNO/c10-8-3-6(1-2-9(8)11)7-4-12-5-7/h1-3,7H,4-5,11H2. The molecule has 1 saturated heterocycles. The Hall–Kier alpha value is -1.09. The lowest BCUT2D eigenvalue weighted by Crippen LogP contribution is -2.25. The van der Waals surface area contributed by atoms with Gasteiger partial charge in [0.1, 0.15) is 5.82 Å². The van der Waals surface area contributed by atoms with Crippen LogP contribution in [-0.2, 0) is 4.74 Å². The highest BCUT2D eigenvalue weighted by Crippen LogP contribution is 2.25. The van der Waals surface area contributed by atoms with Crippen molar-refractivity contribution in [3.8, 4) is 0 Å². The largest absolute Gasteiger partial charge is 0.396 e. The molecular weight excluding hydrogens is 157 g/mol. The van der Waals surface area contributed by atoms with Crippen LogP contribution < -0.4 is 5.73 Å². The van der Waals surface area contributed by atoms with Gasteiger partial charge < -0.3 is 10.5 Å². The van der Waals surface area contributed by atoms with E-state index in [1.165, 1.54) is 6.07 Å². The fourth-order valence-corrected chi connectivity index (χ4v) is 1.23. The van der Waals surface area contributed by atoms with Gasteiger partial charge in [-0.15, -0.1) is 0 Å². The number of nitrogen functional groups attached to an aromatic ring is 1. The van der Waals surface area contributed by atoms with Crippen molar-refractivity contribution in [2.45, 2.75) is 5.92 Å². The van der Waals surface area contributed by atoms with Crippen LogP contribution in [0, 0.1) is 5.82 Å². The second-order valence-electron chi connectivity index (χ2n) is 3.02. The summed E-state index contributed by atoms with van der Waals surface area (Å²) in [4.78, 5) is 0. The SMILES string of the molecule is Nc1ccc(C2COC2)cc1F. The third-order valence-electron chi connectivity index (χ3n) is 2.13. The zero-order chi connectivity index (χ0) is 8.55. The molecule has 0 aliphatic carbocycles. The first-order chi connectivity index (χ1) is 5.77. The van der Waals surface area contributed by atoms with E-state index in [9.17, 15) is 4.39 Å². The highest BCUT2D eigenvalue weighted by Gasteiger charge is 2.20. The predicted octanol–water partition coefficient (Wildman–Crippen LogP) is 1.52. The average molecular weight is 167 g/mol. The second-order valence-corrected chi connectivity index (χ2v) is 3.02.